The Morgan fingerprint density at radius 3 is 2.51 bits per heavy atom. The lowest BCUT2D eigenvalue weighted by atomic mass is 10.0. The van der Waals surface area contributed by atoms with Crippen LogP contribution < -0.4 is 21.7 Å². The van der Waals surface area contributed by atoms with E-state index in [1.165, 1.54) is 4.90 Å². The standard InChI is InChI=1S/C32H47N5O6/c1-32(2,3)43-31(42)36-25(30(41)37-18-12-17-26(37)28(33)39)16-11-6-4-5-10-15-23-19-24(23)29(40)35-21-27(38)34-20-22-13-8-7-9-14-22/h7-10,13-15,23-26H,4-6,11-12,16-21H2,1-3H3,(H2,33,39)(H,34,38)(H,35,40)(H,36,42)/b15-10-/t23-,24+,25+,26+/m1/s1. The molecule has 1 saturated heterocycles. The first-order valence-corrected chi connectivity index (χ1v) is 15.3. The van der Waals surface area contributed by atoms with Crippen molar-refractivity contribution in [2.45, 2.75) is 96.4 Å². The molecule has 1 saturated carbocycles. The van der Waals surface area contributed by atoms with Crippen LogP contribution in [0.3, 0.4) is 0 Å². The van der Waals surface area contributed by atoms with Crippen LogP contribution in [0.2, 0.25) is 0 Å². The molecule has 0 bridgehead atoms. The van der Waals surface area contributed by atoms with Gasteiger partial charge in [0.25, 0.3) is 0 Å². The zero-order chi connectivity index (χ0) is 31.4. The van der Waals surface area contributed by atoms with Crippen LogP contribution >= 0.6 is 0 Å². The maximum atomic E-state index is 13.3. The number of carbonyl (C=O) groups excluding carboxylic acids is 5. The molecule has 11 heteroatoms. The second kappa shape index (κ2) is 16.1. The molecule has 43 heavy (non-hydrogen) atoms. The van der Waals surface area contributed by atoms with E-state index in [0.29, 0.717) is 38.8 Å². The molecule has 5 N–H and O–H groups in total. The Hall–Kier alpha value is -3.89. The zero-order valence-corrected chi connectivity index (χ0v) is 25.6. The molecule has 0 aromatic heterocycles. The minimum atomic E-state index is -0.795. The van der Waals surface area contributed by atoms with Gasteiger partial charge in [0, 0.05) is 19.0 Å². The summed E-state index contributed by atoms with van der Waals surface area (Å²) in [6.07, 6.45) is 9.17. The molecule has 0 spiro atoms. The highest BCUT2D eigenvalue weighted by Crippen LogP contribution is 2.39. The van der Waals surface area contributed by atoms with Crippen molar-refractivity contribution < 1.29 is 28.7 Å². The maximum Gasteiger partial charge on any atom is 0.408 e. The molecule has 4 atom stereocenters. The predicted octanol–water partition coefficient (Wildman–Crippen LogP) is 2.93. The number of nitrogens with two attached hydrogens (primary N) is 1. The first-order valence-electron chi connectivity index (χ1n) is 15.3. The van der Waals surface area contributed by atoms with Gasteiger partial charge in [-0.1, -0.05) is 55.3 Å². The molecule has 5 amide bonds. The van der Waals surface area contributed by atoms with E-state index >= 15 is 0 Å². The fraction of sp³-hybridized carbons (Fsp3) is 0.594. The summed E-state index contributed by atoms with van der Waals surface area (Å²) in [5, 5.41) is 8.22. The molecule has 0 unspecified atom stereocenters. The van der Waals surface area contributed by atoms with Gasteiger partial charge in [-0.25, -0.2) is 4.79 Å². The fourth-order valence-corrected chi connectivity index (χ4v) is 5.18. The normalized spacial score (nSPS) is 20.3. The number of likely N-dealkylation sites (tertiary alicyclic amines) is 1. The highest BCUT2D eigenvalue weighted by atomic mass is 16.6. The second-order valence-electron chi connectivity index (χ2n) is 12.3. The molecule has 2 fully saturated rings. The van der Waals surface area contributed by atoms with Gasteiger partial charge >= 0.3 is 6.09 Å². The zero-order valence-electron chi connectivity index (χ0n) is 25.6. The third-order valence-corrected chi connectivity index (χ3v) is 7.53. The van der Waals surface area contributed by atoms with Crippen molar-refractivity contribution in [3.8, 4) is 0 Å². The third-order valence-electron chi connectivity index (χ3n) is 7.53. The summed E-state index contributed by atoms with van der Waals surface area (Å²) in [4.78, 5) is 63.4. The Bertz CT molecular complexity index is 1150. The third kappa shape index (κ3) is 11.7. The highest BCUT2D eigenvalue weighted by molar-refractivity contribution is 5.91. The number of alkyl carbamates (subject to hydrolysis) is 1. The minimum absolute atomic E-state index is 0.0359. The average molecular weight is 598 g/mol. The maximum absolute atomic E-state index is 13.3. The molecule has 3 rings (SSSR count). The Kier molecular flexibility index (Phi) is 12.6. The van der Waals surface area contributed by atoms with E-state index < -0.39 is 29.7 Å². The van der Waals surface area contributed by atoms with Crippen LogP contribution in [0.25, 0.3) is 0 Å². The summed E-state index contributed by atoms with van der Waals surface area (Å²) in [6.45, 7) is 6.09. The van der Waals surface area contributed by atoms with Gasteiger partial charge in [-0.15, -0.1) is 0 Å². The molecule has 1 aromatic rings. The second-order valence-corrected chi connectivity index (χ2v) is 12.3. The van der Waals surface area contributed by atoms with Crippen molar-refractivity contribution in [3.63, 3.8) is 0 Å². The van der Waals surface area contributed by atoms with Gasteiger partial charge in [-0.05, 0) is 70.8 Å². The summed E-state index contributed by atoms with van der Waals surface area (Å²) >= 11 is 0. The molecular weight excluding hydrogens is 550 g/mol. The van der Waals surface area contributed by atoms with Crippen LogP contribution in [0.15, 0.2) is 42.5 Å². The van der Waals surface area contributed by atoms with E-state index in [1.54, 1.807) is 20.8 Å². The van der Waals surface area contributed by atoms with Crippen molar-refractivity contribution in [1.82, 2.24) is 20.9 Å². The lowest BCUT2D eigenvalue weighted by Gasteiger charge is -2.28. The van der Waals surface area contributed by atoms with Crippen LogP contribution in [-0.2, 0) is 30.5 Å². The average Bonchev–Trinajstić information content (AvgIpc) is 3.55. The number of unbranched alkanes of at least 4 members (excludes halogenated alkanes) is 3. The summed E-state index contributed by atoms with van der Waals surface area (Å²) in [5.74, 6) is -1.07. The summed E-state index contributed by atoms with van der Waals surface area (Å²) in [6, 6.07) is 8.15. The van der Waals surface area contributed by atoms with Gasteiger partial charge in [0.1, 0.15) is 17.7 Å². The van der Waals surface area contributed by atoms with Crippen LogP contribution in [0.5, 0.6) is 0 Å². The molecule has 236 valence electrons. The van der Waals surface area contributed by atoms with E-state index in [-0.39, 0.29) is 36.1 Å². The molecule has 1 aliphatic carbocycles. The molecule has 11 nitrogen and oxygen atoms in total. The van der Waals surface area contributed by atoms with Crippen molar-refractivity contribution in [1.29, 1.82) is 0 Å². The monoisotopic (exact) mass is 597 g/mol. The number of carbonyl (C=O) groups is 5. The number of nitrogens with zero attached hydrogens (tertiary/aromatic N) is 1. The van der Waals surface area contributed by atoms with Crippen LogP contribution in [-0.4, -0.2) is 65.4 Å². The number of nitrogens with one attached hydrogen (secondary N) is 3. The van der Waals surface area contributed by atoms with Crippen molar-refractivity contribution in [2.75, 3.05) is 13.1 Å². The minimum Gasteiger partial charge on any atom is -0.444 e. The summed E-state index contributed by atoms with van der Waals surface area (Å²) in [7, 11) is 0. The van der Waals surface area contributed by atoms with Crippen LogP contribution in [0.4, 0.5) is 4.79 Å². The number of primary amides is 1. The Balaban J connectivity index is 1.34. The smallest absolute Gasteiger partial charge is 0.408 e. The van der Waals surface area contributed by atoms with Gasteiger partial charge in [0.15, 0.2) is 0 Å². The SMILES string of the molecule is CC(C)(C)OC(=O)N[C@@H](CCCCC/C=C\[C@@H]1C[C@@H]1C(=O)NCC(=O)NCc1ccccc1)C(=O)N1CCC[C@H]1C(N)=O. The molecule has 1 heterocycles. The van der Waals surface area contributed by atoms with E-state index in [0.717, 1.165) is 31.2 Å². The van der Waals surface area contributed by atoms with Gasteiger partial charge in [0.05, 0.1) is 6.54 Å². The van der Waals surface area contributed by atoms with Crippen molar-refractivity contribution in [2.24, 2.45) is 17.6 Å². The Labute approximate surface area is 254 Å². The van der Waals surface area contributed by atoms with Gasteiger partial charge in [-0.2, -0.15) is 0 Å². The summed E-state index contributed by atoms with van der Waals surface area (Å²) in [5.41, 5.74) is 5.79. The van der Waals surface area contributed by atoms with E-state index in [1.807, 2.05) is 30.3 Å². The van der Waals surface area contributed by atoms with Gasteiger partial charge in [0.2, 0.25) is 23.6 Å². The molecule has 0 radical (unpaired) electrons. The van der Waals surface area contributed by atoms with Crippen LogP contribution in [0, 0.1) is 11.8 Å². The Morgan fingerprint density at radius 1 is 1.07 bits per heavy atom. The number of allylic oxidation sites excluding steroid dienone is 2. The van der Waals surface area contributed by atoms with E-state index in [4.69, 9.17) is 10.5 Å². The first kappa shape index (κ1) is 33.6. The number of hydrogen-bond acceptors (Lipinski definition) is 6. The topological polar surface area (TPSA) is 160 Å². The van der Waals surface area contributed by atoms with Crippen molar-refractivity contribution >= 4 is 29.7 Å². The number of hydrogen-bond donors (Lipinski definition) is 4. The van der Waals surface area contributed by atoms with Crippen LogP contribution in [0.1, 0.15) is 77.7 Å². The molecule has 1 aromatic carbocycles. The molecule has 2 aliphatic rings. The lowest BCUT2D eigenvalue weighted by Crippen LogP contribution is -2.53. The summed E-state index contributed by atoms with van der Waals surface area (Å²) < 4.78 is 5.35. The fourth-order valence-electron chi connectivity index (χ4n) is 5.18. The number of ether oxygens (including phenoxy) is 1. The largest absolute Gasteiger partial charge is 0.444 e. The number of benzene rings is 1. The van der Waals surface area contributed by atoms with E-state index in [9.17, 15) is 24.0 Å². The quantitative estimate of drug-likeness (QED) is 0.180. The van der Waals surface area contributed by atoms with Gasteiger partial charge < -0.3 is 31.3 Å². The predicted molar refractivity (Wildman–Crippen MR) is 162 cm³/mol. The molecular formula is C32H47N5O6. The molecule has 1 aliphatic heterocycles. The van der Waals surface area contributed by atoms with Crippen molar-refractivity contribution in [3.05, 3.63) is 48.0 Å². The first-order chi connectivity index (χ1) is 20.4. The Morgan fingerprint density at radius 2 is 1.81 bits per heavy atom. The lowest BCUT2D eigenvalue weighted by molar-refractivity contribution is -0.139. The van der Waals surface area contributed by atoms with E-state index in [2.05, 4.69) is 28.1 Å². The number of rotatable bonds is 15. The van der Waals surface area contributed by atoms with Gasteiger partial charge in [-0.3, -0.25) is 19.2 Å². The number of amides is 5. The highest BCUT2D eigenvalue weighted by Gasteiger charge is 2.41.